The molecule has 0 spiro atoms. The van der Waals surface area contributed by atoms with Gasteiger partial charge in [-0.3, -0.25) is 14.4 Å². The number of amides is 1. The molecule has 1 heterocycles. The van der Waals surface area contributed by atoms with E-state index in [4.69, 9.17) is 9.47 Å². The zero-order valence-corrected chi connectivity index (χ0v) is 14.8. The number of methoxy groups -OCH3 is 2. The molecular weight excluding hydrogens is 334 g/mol. The summed E-state index contributed by atoms with van der Waals surface area (Å²) in [7, 11) is 3.99. The number of nitrogens with zero attached hydrogens (tertiary/aromatic N) is 1. The van der Waals surface area contributed by atoms with Crippen LogP contribution in [0.3, 0.4) is 0 Å². The van der Waals surface area contributed by atoms with Crippen LogP contribution in [-0.4, -0.2) is 44.0 Å². The van der Waals surface area contributed by atoms with Crippen molar-refractivity contribution in [2.24, 2.45) is 5.92 Å². The number of benzene rings is 2. The highest BCUT2D eigenvalue weighted by molar-refractivity contribution is 6.05. The zero-order valence-electron chi connectivity index (χ0n) is 14.8. The Morgan fingerprint density at radius 1 is 0.923 bits per heavy atom. The first-order chi connectivity index (χ1) is 12.5. The molecule has 1 atom stereocenters. The second-order valence-corrected chi connectivity index (χ2v) is 6.02. The van der Waals surface area contributed by atoms with E-state index in [9.17, 15) is 14.4 Å². The first kappa shape index (κ1) is 17.7. The van der Waals surface area contributed by atoms with Crippen LogP contribution in [0.2, 0.25) is 0 Å². The predicted molar refractivity (Wildman–Crippen MR) is 93.3 cm³/mol. The van der Waals surface area contributed by atoms with E-state index >= 15 is 0 Å². The van der Waals surface area contributed by atoms with Crippen molar-refractivity contribution < 1.29 is 23.9 Å². The van der Waals surface area contributed by atoms with Crippen molar-refractivity contribution in [3.63, 3.8) is 0 Å². The molecule has 3 rings (SSSR count). The van der Waals surface area contributed by atoms with E-state index in [1.54, 1.807) is 55.6 Å². The smallest absolute Gasteiger partial charge is 0.323 e. The van der Waals surface area contributed by atoms with Gasteiger partial charge in [0.05, 0.1) is 14.2 Å². The summed E-state index contributed by atoms with van der Waals surface area (Å²) in [5.74, 6) is -3.17. The van der Waals surface area contributed by atoms with Gasteiger partial charge in [0.1, 0.15) is 5.54 Å². The number of rotatable bonds is 4. The van der Waals surface area contributed by atoms with E-state index in [-0.39, 0.29) is 5.91 Å². The van der Waals surface area contributed by atoms with Gasteiger partial charge in [0, 0.05) is 12.6 Å². The van der Waals surface area contributed by atoms with Crippen molar-refractivity contribution >= 4 is 17.8 Å². The molecule has 0 bridgehead atoms. The van der Waals surface area contributed by atoms with Gasteiger partial charge in [-0.25, -0.2) is 0 Å². The summed E-state index contributed by atoms with van der Waals surface area (Å²) in [5.41, 5.74) is 0.285. The van der Waals surface area contributed by atoms with Gasteiger partial charge in [-0.1, -0.05) is 48.5 Å². The maximum Gasteiger partial charge on any atom is 0.323 e. The van der Waals surface area contributed by atoms with E-state index in [0.717, 1.165) is 0 Å². The lowest BCUT2D eigenvalue weighted by Gasteiger charge is -2.41. The number of esters is 2. The van der Waals surface area contributed by atoms with Gasteiger partial charge < -0.3 is 14.4 Å². The highest BCUT2D eigenvalue weighted by atomic mass is 16.5. The number of hydrogen-bond donors (Lipinski definition) is 0. The summed E-state index contributed by atoms with van der Waals surface area (Å²) in [4.78, 5) is 39.7. The summed E-state index contributed by atoms with van der Waals surface area (Å²) in [6.07, 6.45) is 0. The molecule has 2 aromatic carbocycles. The normalized spacial score (nSPS) is 18.6. The number of fused-ring (bicyclic) bond motifs is 1. The van der Waals surface area contributed by atoms with Gasteiger partial charge in [0.2, 0.25) is 0 Å². The lowest BCUT2D eigenvalue weighted by atomic mass is 9.72. The fourth-order valence-electron chi connectivity index (χ4n) is 3.75. The molecule has 1 aliphatic heterocycles. The van der Waals surface area contributed by atoms with Gasteiger partial charge in [0.25, 0.3) is 5.91 Å². The van der Waals surface area contributed by atoms with E-state index in [0.29, 0.717) is 16.7 Å². The monoisotopic (exact) mass is 353 g/mol. The average Bonchev–Trinajstić information content (AvgIpc) is 2.91. The number of carbonyl (C=O) groups excluding carboxylic acids is 3. The summed E-state index contributed by atoms with van der Waals surface area (Å²) in [6, 6.07) is 15.9. The van der Waals surface area contributed by atoms with Crippen LogP contribution >= 0.6 is 0 Å². The standard InChI is InChI=1S/C20H19NO5/c1-21-17(22)14-11-7-8-12-15(14)20(21,13-9-5-4-6-10-13)16(18(23)25-2)19(24)26-3/h4-12,16H,1-3H3. The fourth-order valence-corrected chi connectivity index (χ4v) is 3.75. The minimum atomic E-state index is -1.36. The molecule has 0 saturated carbocycles. The first-order valence-electron chi connectivity index (χ1n) is 8.09. The molecular formula is C20H19NO5. The molecule has 26 heavy (non-hydrogen) atoms. The molecule has 1 aliphatic rings. The maximum absolute atomic E-state index is 12.9. The molecule has 0 fully saturated rings. The predicted octanol–water partition coefficient (Wildman–Crippen LogP) is 1.98. The van der Waals surface area contributed by atoms with Crippen molar-refractivity contribution in [3.8, 4) is 0 Å². The number of ether oxygens (including phenoxy) is 2. The van der Waals surface area contributed by atoms with Crippen molar-refractivity contribution in [2.75, 3.05) is 21.3 Å². The van der Waals surface area contributed by atoms with Crippen LogP contribution in [0, 0.1) is 5.92 Å². The van der Waals surface area contributed by atoms with Crippen LogP contribution in [0.5, 0.6) is 0 Å². The molecule has 0 aliphatic carbocycles. The summed E-state index contributed by atoms with van der Waals surface area (Å²) >= 11 is 0. The first-order valence-corrected chi connectivity index (χ1v) is 8.09. The van der Waals surface area contributed by atoms with E-state index in [2.05, 4.69) is 0 Å². The zero-order chi connectivity index (χ0) is 18.9. The van der Waals surface area contributed by atoms with E-state index in [1.807, 2.05) is 6.07 Å². The Bertz CT molecular complexity index is 848. The highest BCUT2D eigenvalue weighted by Gasteiger charge is 2.60. The van der Waals surface area contributed by atoms with Crippen molar-refractivity contribution in [1.29, 1.82) is 0 Å². The SMILES string of the molecule is COC(=O)C(C(=O)OC)C1(c2ccccc2)c2ccccc2C(=O)N1C. The Balaban J connectivity index is 2.41. The van der Waals surface area contributed by atoms with E-state index in [1.165, 1.54) is 19.1 Å². The summed E-state index contributed by atoms with van der Waals surface area (Å²) in [6.45, 7) is 0. The molecule has 134 valence electrons. The number of carbonyl (C=O) groups is 3. The largest absolute Gasteiger partial charge is 0.468 e. The molecule has 0 saturated heterocycles. The van der Waals surface area contributed by atoms with Crippen LogP contribution in [0.15, 0.2) is 54.6 Å². The Hall–Kier alpha value is -3.15. The molecule has 6 heteroatoms. The minimum Gasteiger partial charge on any atom is -0.468 e. The maximum atomic E-state index is 12.9. The minimum absolute atomic E-state index is 0.276. The number of hydrogen-bond acceptors (Lipinski definition) is 5. The Morgan fingerprint density at radius 2 is 1.46 bits per heavy atom. The molecule has 0 radical (unpaired) electrons. The molecule has 0 N–H and O–H groups in total. The van der Waals surface area contributed by atoms with Crippen LogP contribution in [-0.2, 0) is 24.6 Å². The second kappa shape index (κ2) is 6.63. The van der Waals surface area contributed by atoms with Crippen LogP contribution in [0.4, 0.5) is 0 Å². The third kappa shape index (κ3) is 2.29. The third-order valence-electron chi connectivity index (χ3n) is 4.91. The van der Waals surface area contributed by atoms with E-state index < -0.39 is 23.4 Å². The summed E-state index contributed by atoms with van der Waals surface area (Å²) < 4.78 is 9.83. The van der Waals surface area contributed by atoms with Gasteiger partial charge in [0.15, 0.2) is 5.92 Å². The van der Waals surface area contributed by atoms with Crippen molar-refractivity contribution in [3.05, 3.63) is 71.3 Å². The van der Waals surface area contributed by atoms with Crippen molar-refractivity contribution in [2.45, 2.75) is 5.54 Å². The van der Waals surface area contributed by atoms with Gasteiger partial charge in [-0.15, -0.1) is 0 Å². The lowest BCUT2D eigenvalue weighted by Crippen LogP contribution is -2.54. The molecule has 0 aromatic heterocycles. The molecule has 1 amide bonds. The fraction of sp³-hybridized carbons (Fsp3) is 0.250. The Labute approximate surface area is 151 Å². The Morgan fingerprint density at radius 3 is 2.04 bits per heavy atom. The topological polar surface area (TPSA) is 72.9 Å². The molecule has 6 nitrogen and oxygen atoms in total. The van der Waals surface area contributed by atoms with Crippen LogP contribution in [0.25, 0.3) is 0 Å². The second-order valence-electron chi connectivity index (χ2n) is 6.02. The molecule has 1 unspecified atom stereocenters. The molecule has 2 aromatic rings. The average molecular weight is 353 g/mol. The van der Waals surface area contributed by atoms with Crippen LogP contribution < -0.4 is 0 Å². The highest BCUT2D eigenvalue weighted by Crippen LogP contribution is 2.49. The Kier molecular flexibility index (Phi) is 4.50. The lowest BCUT2D eigenvalue weighted by molar-refractivity contribution is -0.164. The summed E-state index contributed by atoms with van der Waals surface area (Å²) in [5, 5.41) is 0. The quantitative estimate of drug-likeness (QED) is 0.621. The van der Waals surface area contributed by atoms with Gasteiger partial charge >= 0.3 is 11.9 Å². The van der Waals surface area contributed by atoms with Gasteiger partial charge in [-0.05, 0) is 17.2 Å². The van der Waals surface area contributed by atoms with Crippen LogP contribution in [0.1, 0.15) is 21.5 Å². The van der Waals surface area contributed by atoms with Crippen molar-refractivity contribution in [1.82, 2.24) is 4.90 Å². The van der Waals surface area contributed by atoms with Gasteiger partial charge in [-0.2, -0.15) is 0 Å². The third-order valence-corrected chi connectivity index (χ3v) is 4.91.